The van der Waals surface area contributed by atoms with E-state index in [4.69, 9.17) is 9.73 Å². The summed E-state index contributed by atoms with van der Waals surface area (Å²) in [5.41, 5.74) is 8.77. The minimum Gasteiger partial charge on any atom is -0.376 e. The van der Waals surface area contributed by atoms with Gasteiger partial charge in [-0.15, -0.1) is 11.3 Å². The van der Waals surface area contributed by atoms with Crippen LogP contribution in [-0.4, -0.2) is 17.3 Å². The van der Waals surface area contributed by atoms with Crippen molar-refractivity contribution in [2.45, 2.75) is 53.2 Å². The van der Waals surface area contributed by atoms with E-state index < -0.39 is 0 Å². The molecule has 2 heterocycles. The zero-order chi connectivity index (χ0) is 19.7. The first-order valence-corrected chi connectivity index (χ1v) is 10.9. The second kappa shape index (κ2) is 8.06. The van der Waals surface area contributed by atoms with E-state index in [1.54, 1.807) is 11.3 Å². The molecule has 0 amide bonds. The van der Waals surface area contributed by atoms with Crippen LogP contribution in [0.5, 0.6) is 0 Å². The molecule has 1 saturated heterocycles. The third-order valence-corrected chi connectivity index (χ3v) is 6.26. The average Bonchev–Trinajstić information content (AvgIpc) is 3.28. The summed E-state index contributed by atoms with van der Waals surface area (Å²) in [4.78, 5) is 6.01. The van der Waals surface area contributed by atoms with Crippen LogP contribution in [0.15, 0.2) is 46.8 Å². The highest BCUT2D eigenvalue weighted by atomic mass is 32.1. The smallest absolute Gasteiger partial charge is 0.190 e. The normalized spacial score (nSPS) is 17.4. The van der Waals surface area contributed by atoms with Gasteiger partial charge in [0.05, 0.1) is 24.0 Å². The Morgan fingerprint density at radius 3 is 2.39 bits per heavy atom. The quantitative estimate of drug-likeness (QED) is 0.546. The molecular weight excluding hydrogens is 364 g/mol. The summed E-state index contributed by atoms with van der Waals surface area (Å²) in [6, 6.07) is 13.0. The molecule has 0 N–H and O–H groups in total. The Hall–Kier alpha value is -2.17. The lowest BCUT2D eigenvalue weighted by molar-refractivity contribution is 0.0968. The molecule has 3 aromatic rings. The van der Waals surface area contributed by atoms with E-state index in [1.165, 1.54) is 33.5 Å². The molecule has 3 nitrogen and oxygen atoms in total. The summed E-state index contributed by atoms with van der Waals surface area (Å²) in [7, 11) is 0. The highest BCUT2D eigenvalue weighted by Gasteiger charge is 2.20. The number of rotatable bonds is 4. The molecular formula is C24H28N2OS. The number of benzene rings is 2. The first-order chi connectivity index (χ1) is 13.5. The Bertz CT molecular complexity index is 1010. The van der Waals surface area contributed by atoms with Crippen LogP contribution in [0.25, 0.3) is 11.3 Å². The maximum absolute atomic E-state index is 5.96. The predicted octanol–water partition coefficient (Wildman–Crippen LogP) is 5.86. The number of nitrogens with zero attached hydrogens (tertiary/aromatic N) is 2. The standard InChI is InChI=1S/C24H28N2OS/c1-16-7-9-20(10-8-16)25-24-26(14-21-6-5-11-27-21)22(15-28-24)23-18(3)12-17(2)13-19(23)4/h7-10,12-13,15,21H,5-6,11,14H2,1-4H3. The molecule has 1 aliphatic rings. The largest absolute Gasteiger partial charge is 0.376 e. The van der Waals surface area contributed by atoms with Crippen LogP contribution in [-0.2, 0) is 11.3 Å². The second-order valence-electron chi connectivity index (χ2n) is 7.87. The minimum absolute atomic E-state index is 0.274. The predicted molar refractivity (Wildman–Crippen MR) is 117 cm³/mol. The molecule has 1 unspecified atom stereocenters. The van der Waals surface area contributed by atoms with Crippen LogP contribution in [0, 0.1) is 27.7 Å². The van der Waals surface area contributed by atoms with Crippen molar-refractivity contribution in [1.82, 2.24) is 4.57 Å². The number of thiazole rings is 1. The van der Waals surface area contributed by atoms with Gasteiger partial charge in [0.25, 0.3) is 0 Å². The molecule has 1 aliphatic heterocycles. The van der Waals surface area contributed by atoms with E-state index in [0.717, 1.165) is 36.5 Å². The highest BCUT2D eigenvalue weighted by Crippen LogP contribution is 2.30. The average molecular weight is 393 g/mol. The zero-order valence-electron chi connectivity index (χ0n) is 17.2. The van der Waals surface area contributed by atoms with Crippen LogP contribution in [0.2, 0.25) is 0 Å². The van der Waals surface area contributed by atoms with Gasteiger partial charge in [-0.05, 0) is 63.8 Å². The van der Waals surface area contributed by atoms with E-state index in [-0.39, 0.29) is 6.10 Å². The van der Waals surface area contributed by atoms with Gasteiger partial charge in [0, 0.05) is 17.6 Å². The van der Waals surface area contributed by atoms with Crippen LogP contribution < -0.4 is 4.80 Å². The van der Waals surface area contributed by atoms with Gasteiger partial charge in [-0.1, -0.05) is 35.4 Å². The van der Waals surface area contributed by atoms with Crippen molar-refractivity contribution in [3.05, 3.63) is 68.8 Å². The van der Waals surface area contributed by atoms with E-state index in [9.17, 15) is 0 Å². The summed E-state index contributed by atoms with van der Waals surface area (Å²) in [6.45, 7) is 10.4. The number of ether oxygens (including phenoxy) is 1. The molecule has 28 heavy (non-hydrogen) atoms. The fourth-order valence-corrected chi connectivity index (χ4v) is 5.02. The third-order valence-electron chi connectivity index (χ3n) is 5.40. The van der Waals surface area contributed by atoms with Crippen LogP contribution in [0.1, 0.15) is 35.1 Å². The molecule has 1 fully saturated rings. The van der Waals surface area contributed by atoms with Crippen LogP contribution >= 0.6 is 11.3 Å². The maximum Gasteiger partial charge on any atom is 0.190 e. The molecule has 0 spiro atoms. The Labute approximate surface area is 171 Å². The monoisotopic (exact) mass is 392 g/mol. The fraction of sp³-hybridized carbons (Fsp3) is 0.375. The zero-order valence-corrected chi connectivity index (χ0v) is 18.0. The Morgan fingerprint density at radius 2 is 1.75 bits per heavy atom. The molecule has 0 saturated carbocycles. The summed E-state index contributed by atoms with van der Waals surface area (Å²) >= 11 is 1.72. The molecule has 1 aromatic heterocycles. The molecule has 4 heteroatoms. The molecule has 1 atom stereocenters. The van der Waals surface area contributed by atoms with Crippen molar-refractivity contribution in [2.24, 2.45) is 4.99 Å². The summed E-state index contributed by atoms with van der Waals surface area (Å²) in [5, 5.41) is 2.26. The summed E-state index contributed by atoms with van der Waals surface area (Å²) < 4.78 is 8.33. The van der Waals surface area contributed by atoms with Crippen molar-refractivity contribution >= 4 is 17.0 Å². The summed E-state index contributed by atoms with van der Waals surface area (Å²) in [6.07, 6.45) is 2.55. The number of hydrogen-bond donors (Lipinski definition) is 0. The SMILES string of the molecule is Cc1ccc(N=c2scc(-c3c(C)cc(C)cc3C)n2CC2CCCO2)cc1. The molecule has 0 radical (unpaired) electrons. The number of aryl methyl sites for hydroxylation is 4. The number of aromatic nitrogens is 1. The number of hydrogen-bond acceptors (Lipinski definition) is 3. The lowest BCUT2D eigenvalue weighted by Crippen LogP contribution is -2.24. The Morgan fingerprint density at radius 1 is 1.04 bits per heavy atom. The van der Waals surface area contributed by atoms with Crippen molar-refractivity contribution in [1.29, 1.82) is 0 Å². The van der Waals surface area contributed by atoms with Gasteiger partial charge >= 0.3 is 0 Å². The van der Waals surface area contributed by atoms with Crippen molar-refractivity contribution in [3.8, 4) is 11.3 Å². The van der Waals surface area contributed by atoms with Gasteiger partial charge in [0.15, 0.2) is 4.80 Å². The van der Waals surface area contributed by atoms with Crippen molar-refractivity contribution in [2.75, 3.05) is 6.61 Å². The molecule has 4 rings (SSSR count). The van der Waals surface area contributed by atoms with Gasteiger partial charge in [-0.25, -0.2) is 4.99 Å². The molecule has 0 bridgehead atoms. The van der Waals surface area contributed by atoms with Crippen molar-refractivity contribution < 1.29 is 4.74 Å². The van der Waals surface area contributed by atoms with Crippen LogP contribution in [0.4, 0.5) is 5.69 Å². The van der Waals surface area contributed by atoms with Crippen molar-refractivity contribution in [3.63, 3.8) is 0 Å². The molecule has 146 valence electrons. The Balaban J connectivity index is 1.85. The first-order valence-electron chi connectivity index (χ1n) is 10.0. The summed E-state index contributed by atoms with van der Waals surface area (Å²) in [5.74, 6) is 0. The third kappa shape index (κ3) is 3.98. The Kier molecular flexibility index (Phi) is 5.51. The van der Waals surface area contributed by atoms with E-state index in [1.807, 2.05) is 0 Å². The highest BCUT2D eigenvalue weighted by molar-refractivity contribution is 7.07. The van der Waals surface area contributed by atoms with Gasteiger partial charge in [-0.3, -0.25) is 0 Å². The topological polar surface area (TPSA) is 26.5 Å². The van der Waals surface area contributed by atoms with Gasteiger partial charge in [-0.2, -0.15) is 0 Å². The van der Waals surface area contributed by atoms with E-state index >= 15 is 0 Å². The maximum atomic E-state index is 5.96. The fourth-order valence-electron chi connectivity index (χ4n) is 4.10. The minimum atomic E-state index is 0.274. The lowest BCUT2D eigenvalue weighted by atomic mass is 9.97. The van der Waals surface area contributed by atoms with Crippen LogP contribution in [0.3, 0.4) is 0 Å². The van der Waals surface area contributed by atoms with Gasteiger partial charge in [0.2, 0.25) is 0 Å². The van der Waals surface area contributed by atoms with E-state index in [2.05, 4.69) is 74.0 Å². The lowest BCUT2D eigenvalue weighted by Gasteiger charge is -2.17. The molecule has 0 aliphatic carbocycles. The second-order valence-corrected chi connectivity index (χ2v) is 8.71. The molecule has 2 aromatic carbocycles. The van der Waals surface area contributed by atoms with Gasteiger partial charge in [0.1, 0.15) is 0 Å². The van der Waals surface area contributed by atoms with Gasteiger partial charge < -0.3 is 9.30 Å². The first kappa shape index (κ1) is 19.2. The van der Waals surface area contributed by atoms with E-state index in [0.29, 0.717) is 0 Å².